The van der Waals surface area contributed by atoms with Crippen LogP contribution in [0.4, 0.5) is 0 Å². The van der Waals surface area contributed by atoms with Crippen LogP contribution in [0, 0.1) is 0 Å². The fourth-order valence-corrected chi connectivity index (χ4v) is 1.75. The Kier molecular flexibility index (Phi) is 5.35. The predicted octanol–water partition coefficient (Wildman–Crippen LogP) is 1.38. The molecule has 0 bridgehead atoms. The Morgan fingerprint density at radius 2 is 2.24 bits per heavy atom. The van der Waals surface area contributed by atoms with Gasteiger partial charge in [-0.1, -0.05) is 6.07 Å². The van der Waals surface area contributed by atoms with Gasteiger partial charge in [-0.2, -0.15) is 5.10 Å². The zero-order chi connectivity index (χ0) is 12.7. The fraction of sp³-hybridized carbons (Fsp3) is 0.364. The number of hydrazone groups is 1. The van der Waals surface area contributed by atoms with Crippen molar-refractivity contribution in [3.63, 3.8) is 0 Å². The maximum absolute atomic E-state index is 11.5. The SMILES string of the molecule is CCNC(=O)CC(C)=NNC(=O)c1cccs1. The summed E-state index contributed by atoms with van der Waals surface area (Å²) in [7, 11) is 0. The highest BCUT2D eigenvalue weighted by Crippen LogP contribution is 2.07. The second-order valence-corrected chi connectivity index (χ2v) is 4.34. The quantitative estimate of drug-likeness (QED) is 0.614. The Balaban J connectivity index is 2.42. The first-order valence-corrected chi connectivity index (χ1v) is 6.15. The molecule has 0 aliphatic rings. The molecule has 0 atom stereocenters. The first-order chi connectivity index (χ1) is 8.13. The molecule has 1 rings (SSSR count). The van der Waals surface area contributed by atoms with Crippen LogP contribution in [-0.4, -0.2) is 24.1 Å². The van der Waals surface area contributed by atoms with Crippen LogP contribution in [0.15, 0.2) is 22.6 Å². The molecule has 1 aromatic rings. The Hall–Kier alpha value is -1.69. The van der Waals surface area contributed by atoms with Crippen LogP contribution in [0.1, 0.15) is 29.9 Å². The molecule has 0 saturated heterocycles. The van der Waals surface area contributed by atoms with Crippen LogP contribution in [-0.2, 0) is 4.79 Å². The molecule has 92 valence electrons. The summed E-state index contributed by atoms with van der Waals surface area (Å²) < 4.78 is 0. The van der Waals surface area contributed by atoms with E-state index >= 15 is 0 Å². The fourth-order valence-electron chi connectivity index (χ4n) is 1.14. The lowest BCUT2D eigenvalue weighted by atomic mass is 10.3. The van der Waals surface area contributed by atoms with Gasteiger partial charge < -0.3 is 5.32 Å². The standard InChI is InChI=1S/C11H15N3O2S/c1-3-12-10(15)7-8(2)13-14-11(16)9-5-4-6-17-9/h4-6H,3,7H2,1-2H3,(H,12,15)(H,14,16). The summed E-state index contributed by atoms with van der Waals surface area (Å²) in [5.41, 5.74) is 2.98. The summed E-state index contributed by atoms with van der Waals surface area (Å²) in [5, 5.41) is 8.35. The van der Waals surface area contributed by atoms with Crippen LogP contribution in [0.25, 0.3) is 0 Å². The van der Waals surface area contributed by atoms with Crippen molar-refractivity contribution < 1.29 is 9.59 Å². The van der Waals surface area contributed by atoms with Gasteiger partial charge in [-0.05, 0) is 25.3 Å². The van der Waals surface area contributed by atoms with Crippen molar-refractivity contribution in [3.8, 4) is 0 Å². The largest absolute Gasteiger partial charge is 0.356 e. The summed E-state index contributed by atoms with van der Waals surface area (Å²) in [6.45, 7) is 4.14. The van der Waals surface area contributed by atoms with Gasteiger partial charge in [0.1, 0.15) is 0 Å². The molecule has 1 heterocycles. The Morgan fingerprint density at radius 3 is 2.82 bits per heavy atom. The molecule has 0 saturated carbocycles. The third-order valence-corrected chi connectivity index (χ3v) is 2.75. The van der Waals surface area contributed by atoms with Crippen LogP contribution < -0.4 is 10.7 Å². The molecule has 0 radical (unpaired) electrons. The lowest BCUT2D eigenvalue weighted by molar-refractivity contribution is -0.119. The van der Waals surface area contributed by atoms with E-state index in [-0.39, 0.29) is 18.2 Å². The summed E-state index contributed by atoms with van der Waals surface area (Å²) in [5.74, 6) is -0.352. The Bertz CT molecular complexity index is 412. The molecule has 0 aliphatic heterocycles. The highest BCUT2D eigenvalue weighted by atomic mass is 32.1. The number of thiophene rings is 1. The number of rotatable bonds is 5. The van der Waals surface area contributed by atoms with Crippen molar-refractivity contribution in [1.82, 2.24) is 10.7 Å². The van der Waals surface area contributed by atoms with Gasteiger partial charge in [-0.3, -0.25) is 9.59 Å². The van der Waals surface area contributed by atoms with Gasteiger partial charge in [0.05, 0.1) is 11.3 Å². The minimum atomic E-state index is -0.254. The molecule has 2 amide bonds. The molecule has 2 N–H and O–H groups in total. The normalized spacial score (nSPS) is 11.1. The highest BCUT2D eigenvalue weighted by molar-refractivity contribution is 7.12. The van der Waals surface area contributed by atoms with Gasteiger partial charge in [0.2, 0.25) is 5.91 Å². The molecule has 1 aromatic heterocycles. The monoisotopic (exact) mass is 253 g/mol. The van der Waals surface area contributed by atoms with E-state index in [1.165, 1.54) is 11.3 Å². The highest BCUT2D eigenvalue weighted by Gasteiger charge is 2.06. The van der Waals surface area contributed by atoms with Crippen molar-refractivity contribution in [2.75, 3.05) is 6.54 Å². The van der Waals surface area contributed by atoms with Crippen LogP contribution in [0.5, 0.6) is 0 Å². The maximum Gasteiger partial charge on any atom is 0.281 e. The molecular weight excluding hydrogens is 238 g/mol. The zero-order valence-electron chi connectivity index (χ0n) is 9.82. The van der Waals surface area contributed by atoms with E-state index in [1.807, 2.05) is 12.3 Å². The summed E-state index contributed by atoms with van der Waals surface area (Å²) >= 11 is 1.34. The summed E-state index contributed by atoms with van der Waals surface area (Å²) in [4.78, 5) is 23.3. The second kappa shape index (κ2) is 6.80. The molecule has 0 spiro atoms. The van der Waals surface area contributed by atoms with Crippen molar-refractivity contribution in [2.24, 2.45) is 5.10 Å². The maximum atomic E-state index is 11.5. The van der Waals surface area contributed by atoms with E-state index in [0.29, 0.717) is 17.1 Å². The smallest absolute Gasteiger partial charge is 0.281 e. The molecule has 6 heteroatoms. The third kappa shape index (κ3) is 4.78. The third-order valence-electron chi connectivity index (χ3n) is 1.88. The number of nitrogens with one attached hydrogen (secondary N) is 2. The Morgan fingerprint density at radius 1 is 1.47 bits per heavy atom. The van der Waals surface area contributed by atoms with Crippen molar-refractivity contribution in [2.45, 2.75) is 20.3 Å². The van der Waals surface area contributed by atoms with Crippen molar-refractivity contribution in [1.29, 1.82) is 0 Å². The minimum absolute atomic E-state index is 0.0980. The minimum Gasteiger partial charge on any atom is -0.356 e. The lowest BCUT2D eigenvalue weighted by Gasteiger charge is -2.02. The van der Waals surface area contributed by atoms with Crippen molar-refractivity contribution in [3.05, 3.63) is 22.4 Å². The van der Waals surface area contributed by atoms with Gasteiger partial charge in [-0.15, -0.1) is 11.3 Å². The number of carbonyl (C=O) groups is 2. The van der Waals surface area contributed by atoms with E-state index < -0.39 is 0 Å². The Labute approximate surface area is 104 Å². The molecule has 5 nitrogen and oxygen atoms in total. The van der Waals surface area contributed by atoms with E-state index in [4.69, 9.17) is 0 Å². The molecule has 0 unspecified atom stereocenters. The molecule has 0 fully saturated rings. The van der Waals surface area contributed by atoms with E-state index in [0.717, 1.165) is 0 Å². The zero-order valence-corrected chi connectivity index (χ0v) is 10.6. The van der Waals surface area contributed by atoms with Gasteiger partial charge in [0.25, 0.3) is 5.91 Å². The van der Waals surface area contributed by atoms with Gasteiger partial charge in [0.15, 0.2) is 0 Å². The first-order valence-electron chi connectivity index (χ1n) is 5.27. The number of nitrogens with zero attached hydrogens (tertiary/aromatic N) is 1. The average Bonchev–Trinajstić information content (AvgIpc) is 2.79. The van der Waals surface area contributed by atoms with Crippen LogP contribution in [0.2, 0.25) is 0 Å². The summed E-state index contributed by atoms with van der Waals surface area (Å²) in [6, 6.07) is 3.51. The van der Waals surface area contributed by atoms with Crippen molar-refractivity contribution >= 4 is 28.9 Å². The number of carbonyl (C=O) groups excluding carboxylic acids is 2. The molecular formula is C11H15N3O2S. The van der Waals surface area contributed by atoms with Gasteiger partial charge in [0, 0.05) is 12.3 Å². The summed E-state index contributed by atoms with van der Waals surface area (Å²) in [6.07, 6.45) is 0.193. The average molecular weight is 253 g/mol. The van der Waals surface area contributed by atoms with Crippen LogP contribution >= 0.6 is 11.3 Å². The number of hydrogen-bond acceptors (Lipinski definition) is 4. The van der Waals surface area contributed by atoms with Gasteiger partial charge in [-0.25, -0.2) is 5.43 Å². The van der Waals surface area contributed by atoms with Crippen LogP contribution in [0.3, 0.4) is 0 Å². The molecule has 0 aliphatic carbocycles. The second-order valence-electron chi connectivity index (χ2n) is 3.40. The van der Waals surface area contributed by atoms with E-state index in [9.17, 15) is 9.59 Å². The first kappa shape index (κ1) is 13.4. The number of amides is 2. The lowest BCUT2D eigenvalue weighted by Crippen LogP contribution is -2.26. The predicted molar refractivity (Wildman–Crippen MR) is 68.2 cm³/mol. The van der Waals surface area contributed by atoms with Gasteiger partial charge >= 0.3 is 0 Å². The van der Waals surface area contributed by atoms with E-state index in [1.54, 1.807) is 19.1 Å². The molecule has 17 heavy (non-hydrogen) atoms. The van der Waals surface area contributed by atoms with E-state index in [2.05, 4.69) is 15.8 Å². The number of hydrogen-bond donors (Lipinski definition) is 2. The molecule has 0 aromatic carbocycles. The topological polar surface area (TPSA) is 70.6 Å².